The SMILES string of the molecule is OCCC(NC1CCCSC1)c1cccs1. The molecule has 0 amide bonds. The van der Waals surface area contributed by atoms with E-state index in [-0.39, 0.29) is 6.61 Å². The van der Waals surface area contributed by atoms with Crippen molar-refractivity contribution in [2.75, 3.05) is 18.1 Å². The van der Waals surface area contributed by atoms with Gasteiger partial charge in [0.15, 0.2) is 0 Å². The van der Waals surface area contributed by atoms with Gasteiger partial charge in [0.2, 0.25) is 0 Å². The fourth-order valence-electron chi connectivity index (χ4n) is 2.08. The third kappa shape index (κ3) is 3.48. The van der Waals surface area contributed by atoms with Crippen molar-refractivity contribution in [2.24, 2.45) is 0 Å². The predicted octanol–water partition coefficient (Wildman–Crippen LogP) is 2.66. The molecule has 0 bridgehead atoms. The predicted molar refractivity (Wildman–Crippen MR) is 72.2 cm³/mol. The van der Waals surface area contributed by atoms with Crippen LogP contribution in [0.25, 0.3) is 0 Å². The summed E-state index contributed by atoms with van der Waals surface area (Å²) in [5, 5.41) is 14.9. The Labute approximate surface area is 105 Å². The van der Waals surface area contributed by atoms with E-state index < -0.39 is 0 Å². The average molecular weight is 257 g/mol. The zero-order valence-corrected chi connectivity index (χ0v) is 11.0. The van der Waals surface area contributed by atoms with Crippen LogP contribution in [0.3, 0.4) is 0 Å². The number of thiophene rings is 1. The van der Waals surface area contributed by atoms with E-state index in [1.165, 1.54) is 29.2 Å². The van der Waals surface area contributed by atoms with Crippen LogP contribution in [0.2, 0.25) is 0 Å². The fraction of sp³-hybridized carbons (Fsp3) is 0.667. The minimum Gasteiger partial charge on any atom is -0.396 e. The summed E-state index contributed by atoms with van der Waals surface area (Å²) in [6, 6.07) is 5.21. The number of nitrogens with one attached hydrogen (secondary N) is 1. The molecule has 0 aliphatic carbocycles. The Morgan fingerprint density at radius 3 is 3.12 bits per heavy atom. The van der Waals surface area contributed by atoms with Gasteiger partial charge >= 0.3 is 0 Å². The third-order valence-electron chi connectivity index (χ3n) is 2.90. The second kappa shape index (κ2) is 6.64. The number of rotatable bonds is 5. The van der Waals surface area contributed by atoms with Gasteiger partial charge in [-0.1, -0.05) is 6.07 Å². The number of aliphatic hydroxyl groups is 1. The highest BCUT2D eigenvalue weighted by atomic mass is 32.2. The Bertz CT molecular complexity index is 283. The summed E-state index contributed by atoms with van der Waals surface area (Å²) in [6.07, 6.45) is 3.42. The number of aliphatic hydroxyl groups excluding tert-OH is 1. The van der Waals surface area contributed by atoms with E-state index in [1.807, 2.05) is 11.8 Å². The van der Waals surface area contributed by atoms with Crippen LogP contribution in [0.4, 0.5) is 0 Å². The van der Waals surface area contributed by atoms with Crippen molar-refractivity contribution in [1.82, 2.24) is 5.32 Å². The first-order valence-electron chi connectivity index (χ1n) is 5.88. The maximum absolute atomic E-state index is 9.12. The van der Waals surface area contributed by atoms with Gasteiger partial charge in [0.1, 0.15) is 0 Å². The normalized spacial score (nSPS) is 23.2. The molecule has 2 nitrogen and oxygen atoms in total. The Balaban J connectivity index is 1.91. The van der Waals surface area contributed by atoms with Gasteiger partial charge in [0, 0.05) is 29.3 Å². The zero-order valence-electron chi connectivity index (χ0n) is 9.39. The maximum atomic E-state index is 9.12. The van der Waals surface area contributed by atoms with Crippen LogP contribution in [0.15, 0.2) is 17.5 Å². The molecule has 0 radical (unpaired) electrons. The third-order valence-corrected chi connectivity index (χ3v) is 5.10. The van der Waals surface area contributed by atoms with Crippen molar-refractivity contribution in [1.29, 1.82) is 0 Å². The highest BCUT2D eigenvalue weighted by molar-refractivity contribution is 7.99. The Morgan fingerprint density at radius 2 is 2.50 bits per heavy atom. The minimum atomic E-state index is 0.259. The average Bonchev–Trinajstić information content (AvgIpc) is 2.83. The first kappa shape index (κ1) is 12.4. The maximum Gasteiger partial charge on any atom is 0.0449 e. The molecule has 4 heteroatoms. The van der Waals surface area contributed by atoms with Gasteiger partial charge in [-0.25, -0.2) is 0 Å². The Kier molecular flexibility index (Phi) is 5.16. The smallest absolute Gasteiger partial charge is 0.0449 e. The quantitative estimate of drug-likeness (QED) is 0.850. The summed E-state index contributed by atoms with van der Waals surface area (Å²) in [4.78, 5) is 1.35. The van der Waals surface area contributed by atoms with E-state index in [0.717, 1.165) is 6.42 Å². The van der Waals surface area contributed by atoms with Crippen molar-refractivity contribution in [3.8, 4) is 0 Å². The van der Waals surface area contributed by atoms with Crippen molar-refractivity contribution in [3.63, 3.8) is 0 Å². The van der Waals surface area contributed by atoms with Gasteiger partial charge in [-0.05, 0) is 36.5 Å². The van der Waals surface area contributed by atoms with Crippen molar-refractivity contribution < 1.29 is 5.11 Å². The molecule has 1 aromatic rings. The summed E-state index contributed by atoms with van der Waals surface area (Å²) in [6.45, 7) is 0.259. The lowest BCUT2D eigenvalue weighted by molar-refractivity contribution is 0.260. The summed E-state index contributed by atoms with van der Waals surface area (Å²) >= 11 is 3.82. The molecule has 2 rings (SSSR count). The van der Waals surface area contributed by atoms with Crippen LogP contribution in [-0.2, 0) is 0 Å². The Hall–Kier alpha value is -0.0300. The number of hydrogen-bond donors (Lipinski definition) is 2. The van der Waals surface area contributed by atoms with Crippen molar-refractivity contribution in [3.05, 3.63) is 22.4 Å². The molecule has 2 N–H and O–H groups in total. The van der Waals surface area contributed by atoms with Crippen LogP contribution in [0.1, 0.15) is 30.2 Å². The van der Waals surface area contributed by atoms with Crippen molar-refractivity contribution >= 4 is 23.1 Å². The van der Waals surface area contributed by atoms with Crippen LogP contribution in [0, 0.1) is 0 Å². The molecule has 90 valence electrons. The molecular formula is C12H19NOS2. The standard InChI is InChI=1S/C12H19NOS2/c14-6-5-11(12-4-2-8-16-12)13-10-3-1-7-15-9-10/h2,4,8,10-11,13-14H,1,3,5-7,9H2. The molecule has 1 fully saturated rings. The minimum absolute atomic E-state index is 0.259. The molecule has 0 saturated carbocycles. The summed E-state index contributed by atoms with van der Waals surface area (Å²) in [5.74, 6) is 2.52. The number of thioether (sulfide) groups is 1. The first-order chi connectivity index (χ1) is 7.90. The molecule has 2 heterocycles. The van der Waals surface area contributed by atoms with Gasteiger partial charge in [-0.15, -0.1) is 11.3 Å². The van der Waals surface area contributed by atoms with Gasteiger partial charge < -0.3 is 10.4 Å². The van der Waals surface area contributed by atoms with Crippen LogP contribution >= 0.6 is 23.1 Å². The second-order valence-electron chi connectivity index (χ2n) is 4.16. The van der Waals surface area contributed by atoms with Crippen LogP contribution in [-0.4, -0.2) is 29.3 Å². The molecule has 2 atom stereocenters. The lowest BCUT2D eigenvalue weighted by Gasteiger charge is -2.27. The van der Waals surface area contributed by atoms with E-state index in [0.29, 0.717) is 12.1 Å². The lowest BCUT2D eigenvalue weighted by atomic mass is 10.1. The highest BCUT2D eigenvalue weighted by Crippen LogP contribution is 2.25. The topological polar surface area (TPSA) is 32.3 Å². The van der Waals surface area contributed by atoms with Crippen LogP contribution in [0.5, 0.6) is 0 Å². The highest BCUT2D eigenvalue weighted by Gasteiger charge is 2.19. The molecule has 2 unspecified atom stereocenters. The molecular weight excluding hydrogens is 238 g/mol. The monoisotopic (exact) mass is 257 g/mol. The van der Waals surface area contributed by atoms with Gasteiger partial charge in [0.05, 0.1) is 0 Å². The summed E-state index contributed by atoms with van der Waals surface area (Å²) < 4.78 is 0. The second-order valence-corrected chi connectivity index (χ2v) is 6.29. The molecule has 1 saturated heterocycles. The molecule has 0 aromatic carbocycles. The Morgan fingerprint density at radius 1 is 1.56 bits per heavy atom. The zero-order chi connectivity index (χ0) is 11.2. The van der Waals surface area contributed by atoms with E-state index in [4.69, 9.17) is 5.11 Å². The van der Waals surface area contributed by atoms with E-state index in [2.05, 4.69) is 22.8 Å². The van der Waals surface area contributed by atoms with Gasteiger partial charge in [-0.2, -0.15) is 11.8 Å². The molecule has 1 aliphatic heterocycles. The molecule has 0 spiro atoms. The molecule has 1 aliphatic rings. The van der Waals surface area contributed by atoms with Crippen LogP contribution < -0.4 is 5.32 Å². The first-order valence-corrected chi connectivity index (χ1v) is 7.91. The summed E-state index contributed by atoms with van der Waals surface area (Å²) in [7, 11) is 0. The van der Waals surface area contributed by atoms with Crippen molar-refractivity contribution in [2.45, 2.75) is 31.3 Å². The largest absolute Gasteiger partial charge is 0.396 e. The van der Waals surface area contributed by atoms with E-state index >= 15 is 0 Å². The summed E-state index contributed by atoms with van der Waals surface area (Å²) in [5.41, 5.74) is 0. The van der Waals surface area contributed by atoms with Gasteiger partial charge in [0.25, 0.3) is 0 Å². The lowest BCUT2D eigenvalue weighted by Crippen LogP contribution is -2.36. The van der Waals surface area contributed by atoms with E-state index in [9.17, 15) is 0 Å². The molecule has 1 aromatic heterocycles. The number of hydrogen-bond acceptors (Lipinski definition) is 4. The van der Waals surface area contributed by atoms with Gasteiger partial charge in [-0.3, -0.25) is 0 Å². The molecule has 16 heavy (non-hydrogen) atoms. The fourth-order valence-corrected chi connectivity index (χ4v) is 3.99. The van der Waals surface area contributed by atoms with E-state index in [1.54, 1.807) is 11.3 Å².